The lowest BCUT2D eigenvalue weighted by Crippen LogP contribution is -2.49. The highest BCUT2D eigenvalue weighted by Crippen LogP contribution is 2.27. The SMILES string of the molecule is CC(C)[C@H](C(=O)OCC(=O)c1cccc(F)c1)N1C(=O)c2ccccc2C1=O. The zero-order chi connectivity index (χ0) is 20.4. The maximum Gasteiger partial charge on any atom is 0.330 e. The number of Topliss-reactive ketones (excluding diaryl/α,β-unsaturated/α-hetero) is 1. The van der Waals surface area contributed by atoms with Crippen molar-refractivity contribution in [2.75, 3.05) is 6.61 Å². The third-order valence-corrected chi connectivity index (χ3v) is 4.47. The van der Waals surface area contributed by atoms with E-state index in [1.165, 1.54) is 30.3 Å². The minimum absolute atomic E-state index is 0.0645. The molecule has 0 radical (unpaired) electrons. The molecular weight excluding hydrogens is 365 g/mol. The summed E-state index contributed by atoms with van der Waals surface area (Å²) in [6, 6.07) is 10.1. The van der Waals surface area contributed by atoms with E-state index in [2.05, 4.69) is 0 Å². The van der Waals surface area contributed by atoms with Gasteiger partial charge in [-0.3, -0.25) is 19.3 Å². The van der Waals surface area contributed by atoms with Crippen molar-refractivity contribution in [3.63, 3.8) is 0 Å². The van der Waals surface area contributed by atoms with Gasteiger partial charge in [0.05, 0.1) is 11.1 Å². The normalized spacial score (nSPS) is 14.2. The molecule has 0 aliphatic carbocycles. The molecule has 6 nitrogen and oxygen atoms in total. The zero-order valence-electron chi connectivity index (χ0n) is 15.3. The molecule has 0 spiro atoms. The van der Waals surface area contributed by atoms with Gasteiger partial charge in [0.2, 0.25) is 0 Å². The zero-order valence-corrected chi connectivity index (χ0v) is 15.3. The summed E-state index contributed by atoms with van der Waals surface area (Å²) in [6.45, 7) is 2.72. The molecule has 7 heteroatoms. The third kappa shape index (κ3) is 3.55. The molecule has 0 saturated carbocycles. The van der Waals surface area contributed by atoms with E-state index >= 15 is 0 Å². The highest BCUT2D eigenvalue weighted by atomic mass is 19.1. The number of rotatable bonds is 6. The average Bonchev–Trinajstić information content (AvgIpc) is 2.91. The summed E-state index contributed by atoms with van der Waals surface area (Å²) >= 11 is 0. The Bertz CT molecular complexity index is 934. The molecule has 0 unspecified atom stereocenters. The van der Waals surface area contributed by atoms with Crippen LogP contribution in [0.25, 0.3) is 0 Å². The third-order valence-electron chi connectivity index (χ3n) is 4.47. The maximum atomic E-state index is 13.2. The highest BCUT2D eigenvalue weighted by Gasteiger charge is 2.44. The number of hydrogen-bond acceptors (Lipinski definition) is 5. The molecule has 0 N–H and O–H groups in total. The predicted octanol–water partition coefficient (Wildman–Crippen LogP) is 2.87. The number of carbonyl (C=O) groups excluding carboxylic acids is 4. The van der Waals surface area contributed by atoms with Crippen molar-refractivity contribution < 1.29 is 28.3 Å². The monoisotopic (exact) mass is 383 g/mol. The summed E-state index contributed by atoms with van der Waals surface area (Å²) in [5, 5.41) is 0. The Morgan fingerprint density at radius 2 is 1.61 bits per heavy atom. The molecule has 28 heavy (non-hydrogen) atoms. The Labute approximate surface area is 160 Å². The van der Waals surface area contributed by atoms with Crippen LogP contribution in [-0.4, -0.2) is 41.1 Å². The van der Waals surface area contributed by atoms with Crippen molar-refractivity contribution in [3.8, 4) is 0 Å². The van der Waals surface area contributed by atoms with E-state index in [9.17, 15) is 23.6 Å². The standard InChI is InChI=1S/C21H18FNO5/c1-12(2)18(23-19(25)15-8-3-4-9-16(15)20(23)26)21(27)28-11-17(24)13-6-5-7-14(22)10-13/h3-10,12,18H,11H2,1-2H3/t18-/m1/s1. The van der Waals surface area contributed by atoms with Crippen molar-refractivity contribution in [3.05, 3.63) is 71.0 Å². The van der Waals surface area contributed by atoms with Gasteiger partial charge in [-0.1, -0.05) is 38.1 Å². The number of fused-ring (bicyclic) bond motifs is 1. The van der Waals surface area contributed by atoms with Gasteiger partial charge in [0.25, 0.3) is 11.8 Å². The van der Waals surface area contributed by atoms with E-state index in [0.717, 1.165) is 11.0 Å². The maximum absolute atomic E-state index is 13.2. The number of halogens is 1. The molecule has 0 fully saturated rings. The molecule has 0 saturated heterocycles. The number of imide groups is 1. The van der Waals surface area contributed by atoms with Gasteiger partial charge < -0.3 is 4.74 Å². The first-order chi connectivity index (χ1) is 13.3. The van der Waals surface area contributed by atoms with Crippen LogP contribution in [0.2, 0.25) is 0 Å². The fourth-order valence-electron chi connectivity index (χ4n) is 3.10. The number of hydrogen-bond donors (Lipinski definition) is 0. The first kappa shape index (κ1) is 19.4. The van der Waals surface area contributed by atoms with Crippen molar-refractivity contribution in [2.24, 2.45) is 5.92 Å². The smallest absolute Gasteiger partial charge is 0.330 e. The van der Waals surface area contributed by atoms with Gasteiger partial charge in [-0.25, -0.2) is 9.18 Å². The summed E-state index contributed by atoms with van der Waals surface area (Å²) in [7, 11) is 0. The van der Waals surface area contributed by atoms with Crippen molar-refractivity contribution in [1.29, 1.82) is 0 Å². The quantitative estimate of drug-likeness (QED) is 0.435. The van der Waals surface area contributed by atoms with Crippen LogP contribution >= 0.6 is 0 Å². The van der Waals surface area contributed by atoms with Gasteiger partial charge in [0.15, 0.2) is 12.4 Å². The predicted molar refractivity (Wildman–Crippen MR) is 97.3 cm³/mol. The fourth-order valence-corrected chi connectivity index (χ4v) is 3.10. The second kappa shape index (κ2) is 7.72. The molecule has 1 aliphatic rings. The Morgan fingerprint density at radius 1 is 1.00 bits per heavy atom. The Balaban J connectivity index is 1.76. The molecule has 1 aliphatic heterocycles. The molecule has 144 valence electrons. The van der Waals surface area contributed by atoms with Crippen molar-refractivity contribution in [1.82, 2.24) is 4.90 Å². The van der Waals surface area contributed by atoms with Gasteiger partial charge in [-0.15, -0.1) is 0 Å². The van der Waals surface area contributed by atoms with Gasteiger partial charge in [-0.05, 0) is 30.2 Å². The lowest BCUT2D eigenvalue weighted by molar-refractivity contribution is -0.148. The van der Waals surface area contributed by atoms with Crippen LogP contribution in [0.4, 0.5) is 4.39 Å². The minimum atomic E-state index is -1.17. The Morgan fingerprint density at radius 3 is 2.14 bits per heavy atom. The van der Waals surface area contributed by atoms with Crippen LogP contribution in [0.5, 0.6) is 0 Å². The number of amides is 2. The van der Waals surface area contributed by atoms with Crippen LogP contribution in [0.3, 0.4) is 0 Å². The molecule has 3 rings (SSSR count). The van der Waals surface area contributed by atoms with Crippen LogP contribution in [0.1, 0.15) is 44.9 Å². The van der Waals surface area contributed by atoms with Crippen molar-refractivity contribution in [2.45, 2.75) is 19.9 Å². The average molecular weight is 383 g/mol. The van der Waals surface area contributed by atoms with E-state index in [4.69, 9.17) is 4.74 Å². The summed E-state index contributed by atoms with van der Waals surface area (Å²) in [5.74, 6) is -3.62. The fraction of sp³-hybridized carbons (Fsp3) is 0.238. The second-order valence-electron chi connectivity index (χ2n) is 6.76. The van der Waals surface area contributed by atoms with E-state index in [1.54, 1.807) is 26.0 Å². The van der Waals surface area contributed by atoms with Gasteiger partial charge >= 0.3 is 5.97 Å². The molecule has 0 bridgehead atoms. The number of benzene rings is 2. The second-order valence-corrected chi connectivity index (χ2v) is 6.76. The molecule has 2 amide bonds. The van der Waals surface area contributed by atoms with E-state index in [1.807, 2.05) is 0 Å². The van der Waals surface area contributed by atoms with Crippen LogP contribution in [0, 0.1) is 11.7 Å². The number of ketones is 1. The molecule has 1 heterocycles. The van der Waals surface area contributed by atoms with E-state index < -0.39 is 48.0 Å². The topological polar surface area (TPSA) is 80.8 Å². The van der Waals surface area contributed by atoms with E-state index in [-0.39, 0.29) is 16.7 Å². The minimum Gasteiger partial charge on any atom is -0.456 e. The first-order valence-corrected chi connectivity index (χ1v) is 8.73. The molecule has 0 aromatic heterocycles. The highest BCUT2D eigenvalue weighted by molar-refractivity contribution is 6.22. The first-order valence-electron chi connectivity index (χ1n) is 8.73. The lowest BCUT2D eigenvalue weighted by Gasteiger charge is -2.27. The summed E-state index contributed by atoms with van der Waals surface area (Å²) in [5.41, 5.74) is 0.512. The van der Waals surface area contributed by atoms with Gasteiger partial charge in [0.1, 0.15) is 11.9 Å². The molecule has 1 atom stereocenters. The number of ether oxygens (including phenoxy) is 1. The number of carbonyl (C=O) groups is 4. The largest absolute Gasteiger partial charge is 0.456 e. The Kier molecular flexibility index (Phi) is 5.35. The number of esters is 1. The molecular formula is C21H18FNO5. The molecule has 2 aromatic rings. The lowest BCUT2D eigenvalue weighted by atomic mass is 10.0. The summed E-state index contributed by atoms with van der Waals surface area (Å²) < 4.78 is 18.3. The van der Waals surface area contributed by atoms with Crippen LogP contribution in [0.15, 0.2) is 48.5 Å². The van der Waals surface area contributed by atoms with E-state index in [0.29, 0.717) is 0 Å². The number of nitrogens with zero attached hydrogens (tertiary/aromatic N) is 1. The van der Waals surface area contributed by atoms with Gasteiger partial charge in [0, 0.05) is 5.56 Å². The Hall–Kier alpha value is -3.35. The van der Waals surface area contributed by atoms with Crippen LogP contribution in [-0.2, 0) is 9.53 Å². The van der Waals surface area contributed by atoms with Gasteiger partial charge in [-0.2, -0.15) is 0 Å². The van der Waals surface area contributed by atoms with Crippen molar-refractivity contribution >= 4 is 23.6 Å². The molecule has 2 aromatic carbocycles. The summed E-state index contributed by atoms with van der Waals surface area (Å²) in [4.78, 5) is 50.9. The summed E-state index contributed by atoms with van der Waals surface area (Å²) in [6.07, 6.45) is 0. The van der Waals surface area contributed by atoms with Crippen LogP contribution < -0.4 is 0 Å².